The van der Waals surface area contributed by atoms with Crippen LogP contribution >= 0.6 is 0 Å². The van der Waals surface area contributed by atoms with Crippen LogP contribution in [0.15, 0.2) is 30.3 Å². The minimum Gasteiger partial charge on any atom is -0.390 e. The largest absolute Gasteiger partial charge is 0.390 e. The van der Waals surface area contributed by atoms with E-state index in [0.29, 0.717) is 13.0 Å². The van der Waals surface area contributed by atoms with Gasteiger partial charge in [-0.3, -0.25) is 15.6 Å². The molecule has 0 radical (unpaired) electrons. The zero-order valence-corrected chi connectivity index (χ0v) is 12.4. The van der Waals surface area contributed by atoms with Crippen LogP contribution in [-0.4, -0.2) is 29.8 Å². The molecule has 1 aliphatic rings. The fourth-order valence-electron chi connectivity index (χ4n) is 2.80. The number of hydrogen-bond acceptors (Lipinski definition) is 4. The molecular formula is C16H24N2O3. The average molecular weight is 292 g/mol. The Labute approximate surface area is 125 Å². The predicted molar refractivity (Wildman–Crippen MR) is 81.6 cm³/mol. The number of rotatable bonds is 6. The Bertz CT molecular complexity index is 436. The summed E-state index contributed by atoms with van der Waals surface area (Å²) in [6.45, 7) is 2.52. The van der Waals surface area contributed by atoms with Crippen LogP contribution in [0.3, 0.4) is 0 Å². The summed E-state index contributed by atoms with van der Waals surface area (Å²) in [4.78, 5) is 12.0. The minimum atomic E-state index is -0.554. The number of para-hydroxylation sites is 1. The topological polar surface area (TPSA) is 70.6 Å². The molecule has 0 aromatic heterocycles. The molecule has 1 aromatic rings. The molecule has 1 saturated carbocycles. The van der Waals surface area contributed by atoms with E-state index in [-0.39, 0.29) is 17.9 Å². The van der Waals surface area contributed by atoms with Crippen LogP contribution in [0.1, 0.15) is 32.6 Å². The van der Waals surface area contributed by atoms with E-state index in [4.69, 9.17) is 4.74 Å². The fourth-order valence-corrected chi connectivity index (χ4v) is 2.80. The van der Waals surface area contributed by atoms with Crippen LogP contribution < -0.4 is 10.9 Å². The monoisotopic (exact) mass is 292 g/mol. The molecule has 116 valence electrons. The highest BCUT2D eigenvalue weighted by Gasteiger charge is 2.33. The SMILES string of the molecule is CCO[C@H]1CCC[C@H](CC(=O)NNc2ccccc2)[C@@H]1O. The summed E-state index contributed by atoms with van der Waals surface area (Å²) in [5.74, 6) is -0.145. The molecule has 0 saturated heterocycles. The lowest BCUT2D eigenvalue weighted by Crippen LogP contribution is -2.42. The highest BCUT2D eigenvalue weighted by Crippen LogP contribution is 2.29. The highest BCUT2D eigenvalue weighted by molar-refractivity contribution is 5.77. The van der Waals surface area contributed by atoms with E-state index in [0.717, 1.165) is 24.9 Å². The molecule has 0 spiro atoms. The molecule has 1 aromatic carbocycles. The van der Waals surface area contributed by atoms with E-state index in [1.165, 1.54) is 0 Å². The second-order valence-corrected chi connectivity index (χ2v) is 5.42. The first-order valence-electron chi connectivity index (χ1n) is 7.60. The van der Waals surface area contributed by atoms with Crippen molar-refractivity contribution in [1.29, 1.82) is 0 Å². The van der Waals surface area contributed by atoms with Crippen molar-refractivity contribution < 1.29 is 14.6 Å². The molecule has 0 heterocycles. The zero-order chi connectivity index (χ0) is 15.1. The maximum absolute atomic E-state index is 12.0. The number of hydrazine groups is 1. The van der Waals surface area contributed by atoms with Crippen molar-refractivity contribution in [3.63, 3.8) is 0 Å². The first-order valence-corrected chi connectivity index (χ1v) is 7.60. The van der Waals surface area contributed by atoms with Gasteiger partial charge in [0, 0.05) is 13.0 Å². The number of hydrogen-bond donors (Lipinski definition) is 3. The molecule has 3 atom stereocenters. The van der Waals surface area contributed by atoms with Crippen LogP contribution in [0, 0.1) is 5.92 Å². The van der Waals surface area contributed by atoms with Gasteiger partial charge in [0.25, 0.3) is 0 Å². The van der Waals surface area contributed by atoms with E-state index in [9.17, 15) is 9.90 Å². The number of carbonyl (C=O) groups excluding carboxylic acids is 1. The van der Waals surface area contributed by atoms with Crippen LogP contribution in [0.25, 0.3) is 0 Å². The standard InChI is InChI=1S/C16H24N2O3/c1-2-21-14-10-6-7-12(16(14)20)11-15(19)18-17-13-8-4-3-5-9-13/h3-5,8-9,12,14,16-17,20H,2,6-7,10-11H2,1H3,(H,18,19)/t12-,14+,16+/m1/s1. The summed E-state index contributed by atoms with van der Waals surface area (Å²) >= 11 is 0. The van der Waals surface area contributed by atoms with Gasteiger partial charge in [-0.25, -0.2) is 0 Å². The first-order chi connectivity index (χ1) is 10.2. The molecule has 0 unspecified atom stereocenters. The molecule has 1 fully saturated rings. The van der Waals surface area contributed by atoms with Crippen LogP contribution in [0.4, 0.5) is 5.69 Å². The Morgan fingerprint density at radius 1 is 1.33 bits per heavy atom. The summed E-state index contributed by atoms with van der Waals surface area (Å²) in [5.41, 5.74) is 6.38. The minimum absolute atomic E-state index is 0.0344. The Balaban J connectivity index is 1.79. The van der Waals surface area contributed by atoms with Gasteiger partial charge in [-0.1, -0.05) is 24.6 Å². The number of aliphatic hydroxyl groups is 1. The Hall–Kier alpha value is -1.59. The molecule has 1 amide bonds. The van der Waals surface area contributed by atoms with E-state index in [1.807, 2.05) is 37.3 Å². The van der Waals surface area contributed by atoms with Gasteiger partial charge in [0.1, 0.15) is 0 Å². The van der Waals surface area contributed by atoms with Crippen molar-refractivity contribution in [2.24, 2.45) is 5.92 Å². The lowest BCUT2D eigenvalue weighted by molar-refractivity contribution is -0.126. The number of nitrogens with one attached hydrogen (secondary N) is 2. The summed E-state index contributed by atoms with van der Waals surface area (Å²) in [6.07, 6.45) is 2.35. The second kappa shape index (κ2) is 8.00. The van der Waals surface area contributed by atoms with E-state index in [2.05, 4.69) is 10.9 Å². The maximum Gasteiger partial charge on any atom is 0.238 e. The van der Waals surface area contributed by atoms with Crippen molar-refractivity contribution in [2.45, 2.75) is 44.8 Å². The average Bonchev–Trinajstić information content (AvgIpc) is 2.50. The summed E-state index contributed by atoms with van der Waals surface area (Å²) < 4.78 is 5.54. The molecular weight excluding hydrogens is 268 g/mol. The van der Waals surface area contributed by atoms with Gasteiger partial charge in [0.15, 0.2) is 0 Å². The van der Waals surface area contributed by atoms with E-state index >= 15 is 0 Å². The smallest absolute Gasteiger partial charge is 0.238 e. The fraction of sp³-hybridized carbons (Fsp3) is 0.562. The van der Waals surface area contributed by atoms with Crippen LogP contribution in [-0.2, 0) is 9.53 Å². The van der Waals surface area contributed by atoms with Gasteiger partial charge in [-0.2, -0.15) is 0 Å². The van der Waals surface area contributed by atoms with Crippen molar-refractivity contribution in [3.8, 4) is 0 Å². The molecule has 5 heteroatoms. The number of aliphatic hydroxyl groups excluding tert-OH is 1. The van der Waals surface area contributed by atoms with Gasteiger partial charge in [-0.05, 0) is 37.8 Å². The molecule has 21 heavy (non-hydrogen) atoms. The lowest BCUT2D eigenvalue weighted by Gasteiger charge is -2.34. The Morgan fingerprint density at radius 3 is 2.81 bits per heavy atom. The maximum atomic E-state index is 12.0. The van der Waals surface area contributed by atoms with Crippen molar-refractivity contribution in [1.82, 2.24) is 5.43 Å². The number of amides is 1. The summed E-state index contributed by atoms with van der Waals surface area (Å²) in [6, 6.07) is 9.46. The van der Waals surface area contributed by atoms with Gasteiger partial charge in [-0.15, -0.1) is 0 Å². The van der Waals surface area contributed by atoms with Crippen molar-refractivity contribution >= 4 is 11.6 Å². The summed E-state index contributed by atoms with van der Waals surface area (Å²) in [5, 5.41) is 10.3. The van der Waals surface area contributed by atoms with Gasteiger partial charge < -0.3 is 9.84 Å². The Kier molecular flexibility index (Phi) is 6.02. The van der Waals surface area contributed by atoms with E-state index < -0.39 is 6.10 Å². The molecule has 1 aliphatic carbocycles. The van der Waals surface area contributed by atoms with E-state index in [1.54, 1.807) is 0 Å². The third kappa shape index (κ3) is 4.72. The van der Waals surface area contributed by atoms with Gasteiger partial charge in [0.2, 0.25) is 5.91 Å². The molecule has 0 bridgehead atoms. The quantitative estimate of drug-likeness (QED) is 0.702. The van der Waals surface area contributed by atoms with Crippen molar-refractivity contribution in [3.05, 3.63) is 30.3 Å². The number of benzene rings is 1. The first kappa shape index (κ1) is 15.8. The third-order valence-corrected chi connectivity index (χ3v) is 3.88. The molecule has 5 nitrogen and oxygen atoms in total. The van der Waals surface area contributed by atoms with Gasteiger partial charge in [0.05, 0.1) is 17.9 Å². The van der Waals surface area contributed by atoms with Gasteiger partial charge >= 0.3 is 0 Å². The third-order valence-electron chi connectivity index (χ3n) is 3.88. The normalized spacial score (nSPS) is 25.3. The molecule has 2 rings (SSSR count). The molecule has 3 N–H and O–H groups in total. The predicted octanol–water partition coefficient (Wildman–Crippen LogP) is 2.09. The number of ether oxygens (including phenoxy) is 1. The Morgan fingerprint density at radius 2 is 2.10 bits per heavy atom. The molecule has 0 aliphatic heterocycles. The van der Waals surface area contributed by atoms with Crippen molar-refractivity contribution in [2.75, 3.05) is 12.0 Å². The zero-order valence-electron chi connectivity index (χ0n) is 12.4. The number of anilines is 1. The number of carbonyl (C=O) groups is 1. The second-order valence-electron chi connectivity index (χ2n) is 5.42. The van der Waals surface area contributed by atoms with Crippen LogP contribution in [0.5, 0.6) is 0 Å². The highest BCUT2D eigenvalue weighted by atomic mass is 16.5. The lowest BCUT2D eigenvalue weighted by atomic mass is 9.82. The summed E-state index contributed by atoms with van der Waals surface area (Å²) in [7, 11) is 0. The van der Waals surface area contributed by atoms with Crippen LogP contribution in [0.2, 0.25) is 0 Å².